The van der Waals surface area contributed by atoms with Crippen molar-refractivity contribution < 1.29 is 39.3 Å². The number of aliphatic carboxylic acids is 2. The van der Waals surface area contributed by atoms with Crippen molar-refractivity contribution in [2.24, 2.45) is 5.73 Å². The lowest BCUT2D eigenvalue weighted by atomic mass is 10.0. The maximum absolute atomic E-state index is 12.5. The first-order chi connectivity index (χ1) is 16.1. The molecule has 0 aliphatic heterocycles. The zero-order valence-corrected chi connectivity index (χ0v) is 18.1. The normalized spacial score (nSPS) is 13.5. The van der Waals surface area contributed by atoms with Crippen molar-refractivity contribution in [3.05, 3.63) is 36.0 Å². The second kappa shape index (κ2) is 12.3. The van der Waals surface area contributed by atoms with Crippen LogP contribution >= 0.6 is 0 Å². The second-order valence-corrected chi connectivity index (χ2v) is 7.52. The number of fused-ring (bicyclic) bond motifs is 1. The number of carboxylic acids is 2. The van der Waals surface area contributed by atoms with Gasteiger partial charge in [-0.05, 0) is 18.1 Å². The number of nitrogens with one attached hydrogen (secondary N) is 4. The Morgan fingerprint density at radius 2 is 1.71 bits per heavy atom. The molecule has 9 N–H and O–H groups in total. The summed E-state index contributed by atoms with van der Waals surface area (Å²) in [6.07, 6.45) is 1.15. The largest absolute Gasteiger partial charge is 0.481 e. The Kier molecular flexibility index (Phi) is 9.52. The molecule has 3 unspecified atom stereocenters. The monoisotopic (exact) mass is 477 g/mol. The summed E-state index contributed by atoms with van der Waals surface area (Å²) in [6.45, 7) is -1.40. The Balaban J connectivity index is 1.91. The van der Waals surface area contributed by atoms with Crippen LogP contribution in [0.25, 0.3) is 10.9 Å². The van der Waals surface area contributed by atoms with Crippen LogP contribution in [0.15, 0.2) is 30.5 Å². The Morgan fingerprint density at radius 1 is 1.00 bits per heavy atom. The van der Waals surface area contributed by atoms with Crippen molar-refractivity contribution >= 4 is 40.6 Å². The Labute approximate surface area is 193 Å². The Morgan fingerprint density at radius 3 is 2.35 bits per heavy atom. The lowest BCUT2D eigenvalue weighted by molar-refractivity contribution is -0.142. The summed E-state index contributed by atoms with van der Waals surface area (Å²) in [5.74, 6) is -4.94. The summed E-state index contributed by atoms with van der Waals surface area (Å²) in [5.41, 5.74) is 7.00. The molecular weight excluding hydrogens is 450 g/mol. The minimum absolute atomic E-state index is 0.0402. The van der Waals surface area contributed by atoms with Gasteiger partial charge in [-0.2, -0.15) is 0 Å². The summed E-state index contributed by atoms with van der Waals surface area (Å²) in [5, 5.41) is 35.1. The van der Waals surface area contributed by atoms with Gasteiger partial charge in [-0.3, -0.25) is 19.2 Å². The number of carbonyl (C=O) groups is 5. The number of hydrogen-bond donors (Lipinski definition) is 8. The third kappa shape index (κ3) is 7.56. The molecule has 13 nitrogen and oxygen atoms in total. The highest BCUT2D eigenvalue weighted by atomic mass is 16.4. The molecule has 0 aliphatic carbocycles. The van der Waals surface area contributed by atoms with E-state index in [0.29, 0.717) is 5.56 Å². The van der Waals surface area contributed by atoms with Crippen molar-refractivity contribution in [1.82, 2.24) is 20.9 Å². The third-order valence-corrected chi connectivity index (χ3v) is 4.98. The standard InChI is InChI=1S/C21H27N5O8/c22-13(5-6-18(29)30)19(31)24-9-17(28)25-16(10-27)20(32)26-15(21(33)34)7-11-8-23-14-4-2-1-3-12(11)14/h1-4,8,13,15-16,23,27H,5-7,9-10,22H2,(H,24,31)(H,25,28)(H,26,32)(H,29,30)(H,33,34). The number of hydrogen-bond acceptors (Lipinski definition) is 7. The van der Waals surface area contributed by atoms with Crippen LogP contribution in [0.5, 0.6) is 0 Å². The summed E-state index contributed by atoms with van der Waals surface area (Å²) in [7, 11) is 0. The number of amides is 3. The molecule has 0 saturated carbocycles. The lowest BCUT2D eigenvalue weighted by Gasteiger charge is -2.20. The molecule has 13 heteroatoms. The fourth-order valence-electron chi connectivity index (χ4n) is 3.14. The predicted molar refractivity (Wildman–Crippen MR) is 118 cm³/mol. The summed E-state index contributed by atoms with van der Waals surface area (Å²) >= 11 is 0. The smallest absolute Gasteiger partial charge is 0.326 e. The highest BCUT2D eigenvalue weighted by Gasteiger charge is 2.27. The first kappa shape index (κ1) is 26.3. The number of aliphatic hydroxyl groups excluding tert-OH is 1. The van der Waals surface area contributed by atoms with Gasteiger partial charge in [-0.25, -0.2) is 4.79 Å². The number of aromatic nitrogens is 1. The van der Waals surface area contributed by atoms with Crippen LogP contribution in [0.2, 0.25) is 0 Å². The number of carbonyl (C=O) groups excluding carboxylic acids is 3. The zero-order chi connectivity index (χ0) is 25.3. The van der Waals surface area contributed by atoms with E-state index in [1.807, 2.05) is 12.1 Å². The van der Waals surface area contributed by atoms with Gasteiger partial charge in [-0.1, -0.05) is 18.2 Å². The minimum atomic E-state index is -1.46. The van der Waals surface area contributed by atoms with Crippen molar-refractivity contribution in [3.8, 4) is 0 Å². The molecule has 1 heterocycles. The molecule has 184 valence electrons. The van der Waals surface area contributed by atoms with Gasteiger partial charge >= 0.3 is 11.9 Å². The van der Waals surface area contributed by atoms with Crippen molar-refractivity contribution in [1.29, 1.82) is 0 Å². The van der Waals surface area contributed by atoms with E-state index in [0.717, 1.165) is 10.9 Å². The summed E-state index contributed by atoms with van der Waals surface area (Å²) < 4.78 is 0. The van der Waals surface area contributed by atoms with E-state index in [9.17, 15) is 34.2 Å². The van der Waals surface area contributed by atoms with E-state index in [-0.39, 0.29) is 19.3 Å². The molecule has 3 atom stereocenters. The van der Waals surface area contributed by atoms with Gasteiger partial charge in [0.15, 0.2) is 0 Å². The molecule has 0 spiro atoms. The van der Waals surface area contributed by atoms with Crippen molar-refractivity contribution in [3.63, 3.8) is 0 Å². The van der Waals surface area contributed by atoms with Gasteiger partial charge < -0.3 is 42.0 Å². The quantitative estimate of drug-likeness (QED) is 0.160. The van der Waals surface area contributed by atoms with E-state index in [1.54, 1.807) is 18.3 Å². The summed E-state index contributed by atoms with van der Waals surface area (Å²) in [6, 6.07) is 3.31. The van der Waals surface area contributed by atoms with Crippen molar-refractivity contribution in [2.45, 2.75) is 37.4 Å². The van der Waals surface area contributed by atoms with Gasteiger partial charge in [0.05, 0.1) is 19.2 Å². The molecule has 2 aromatic rings. The van der Waals surface area contributed by atoms with Gasteiger partial charge in [0.25, 0.3) is 0 Å². The first-order valence-corrected chi connectivity index (χ1v) is 10.4. The van der Waals surface area contributed by atoms with E-state index >= 15 is 0 Å². The fourth-order valence-corrected chi connectivity index (χ4v) is 3.14. The van der Waals surface area contributed by atoms with Crippen LogP contribution in [0.4, 0.5) is 0 Å². The lowest BCUT2D eigenvalue weighted by Crippen LogP contribution is -2.55. The number of benzene rings is 1. The van der Waals surface area contributed by atoms with Crippen LogP contribution in [-0.2, 0) is 30.4 Å². The summed E-state index contributed by atoms with van der Waals surface area (Å²) in [4.78, 5) is 61.6. The molecule has 0 saturated heterocycles. The molecule has 0 radical (unpaired) electrons. The SMILES string of the molecule is NC(CCC(=O)O)C(=O)NCC(=O)NC(CO)C(=O)NC(Cc1c[nH]c2ccccc12)C(=O)O. The molecule has 3 amide bonds. The van der Waals surface area contributed by atoms with E-state index in [1.165, 1.54) is 0 Å². The third-order valence-electron chi connectivity index (χ3n) is 4.98. The molecular formula is C21H27N5O8. The number of nitrogens with two attached hydrogens (primary N) is 1. The number of aromatic amines is 1. The maximum atomic E-state index is 12.5. The molecule has 0 bridgehead atoms. The highest BCUT2D eigenvalue weighted by Crippen LogP contribution is 2.19. The maximum Gasteiger partial charge on any atom is 0.326 e. The van der Waals surface area contributed by atoms with Crippen LogP contribution in [0.1, 0.15) is 18.4 Å². The Bertz CT molecular complexity index is 1050. The first-order valence-electron chi connectivity index (χ1n) is 10.4. The van der Waals surface area contributed by atoms with Gasteiger partial charge in [-0.15, -0.1) is 0 Å². The van der Waals surface area contributed by atoms with Crippen LogP contribution < -0.4 is 21.7 Å². The van der Waals surface area contributed by atoms with Gasteiger partial charge in [0.2, 0.25) is 17.7 Å². The van der Waals surface area contributed by atoms with Crippen LogP contribution in [0, 0.1) is 0 Å². The number of para-hydroxylation sites is 1. The Hall–Kier alpha value is -3.97. The molecule has 1 aromatic heterocycles. The van der Waals surface area contributed by atoms with E-state index < -0.39 is 60.9 Å². The zero-order valence-electron chi connectivity index (χ0n) is 18.1. The minimum Gasteiger partial charge on any atom is -0.481 e. The topological polar surface area (TPSA) is 224 Å². The van der Waals surface area contributed by atoms with Gasteiger partial charge in [0, 0.05) is 29.9 Å². The average molecular weight is 477 g/mol. The predicted octanol–water partition coefficient (Wildman–Crippen LogP) is -1.93. The van der Waals surface area contributed by atoms with E-state index in [2.05, 4.69) is 20.9 Å². The molecule has 0 fully saturated rings. The van der Waals surface area contributed by atoms with Crippen molar-refractivity contribution in [2.75, 3.05) is 13.2 Å². The van der Waals surface area contributed by atoms with Crippen LogP contribution in [0.3, 0.4) is 0 Å². The number of H-pyrrole nitrogens is 1. The molecule has 2 rings (SSSR count). The average Bonchev–Trinajstić information content (AvgIpc) is 3.21. The fraction of sp³-hybridized carbons (Fsp3) is 0.381. The highest BCUT2D eigenvalue weighted by molar-refractivity contribution is 5.93. The number of rotatable bonds is 13. The molecule has 1 aromatic carbocycles. The van der Waals surface area contributed by atoms with Gasteiger partial charge in [0.1, 0.15) is 12.1 Å². The number of carboxylic acid groups (broad SMARTS) is 2. The van der Waals surface area contributed by atoms with E-state index in [4.69, 9.17) is 10.8 Å². The number of aliphatic hydroxyl groups is 1. The van der Waals surface area contributed by atoms with Crippen LogP contribution in [-0.4, -0.2) is 81.2 Å². The molecule has 0 aliphatic rings. The molecule has 34 heavy (non-hydrogen) atoms. The second-order valence-electron chi connectivity index (χ2n) is 7.52.